The number of rotatable bonds is 10. The van der Waals surface area contributed by atoms with Crippen molar-refractivity contribution in [3.63, 3.8) is 0 Å². The number of hydrogen-bond acceptors (Lipinski definition) is 1. The van der Waals surface area contributed by atoms with Crippen LogP contribution in [0.5, 0.6) is 0 Å². The Kier molecular flexibility index (Phi) is 10.3. The lowest BCUT2D eigenvalue weighted by atomic mass is 9.93. The van der Waals surface area contributed by atoms with Crippen molar-refractivity contribution in [2.45, 2.75) is 6.54 Å². The zero-order valence-electron chi connectivity index (χ0n) is 30.8. The van der Waals surface area contributed by atoms with Gasteiger partial charge in [0.25, 0.3) is 5.91 Å². The molecule has 0 bridgehead atoms. The minimum Gasteiger partial charge on any atom is -0.348 e. The molecule has 2 nitrogen and oxygen atoms in total. The lowest BCUT2D eigenvalue weighted by Crippen LogP contribution is -2.26. The van der Waals surface area contributed by atoms with E-state index in [9.17, 15) is 4.79 Å². The third-order valence-electron chi connectivity index (χ3n) is 10.2. The molecule has 0 aliphatic carbocycles. The maximum absolute atomic E-state index is 13.1. The molecule has 0 aliphatic heterocycles. The molecule has 4 heteroatoms. The topological polar surface area (TPSA) is 29.1 Å². The Morgan fingerprint density at radius 1 is 0.393 bits per heavy atom. The van der Waals surface area contributed by atoms with Crippen LogP contribution in [0.1, 0.15) is 15.9 Å². The van der Waals surface area contributed by atoms with Gasteiger partial charge < -0.3 is 5.32 Å². The molecule has 9 rings (SSSR count). The van der Waals surface area contributed by atoms with E-state index in [0.717, 1.165) is 10.9 Å². The number of fused-ring (bicyclic) bond motifs is 2. The fourth-order valence-corrected chi connectivity index (χ4v) is 12.6. The summed E-state index contributed by atoms with van der Waals surface area (Å²) in [7, 11) is -1.90. The minimum atomic E-state index is -0.958. The molecule has 0 heterocycles. The van der Waals surface area contributed by atoms with Gasteiger partial charge in [-0.1, -0.05) is 200 Å². The van der Waals surface area contributed by atoms with Crippen molar-refractivity contribution in [1.29, 1.82) is 0 Å². The summed E-state index contributed by atoms with van der Waals surface area (Å²) in [5, 5.41) is 15.9. The van der Waals surface area contributed by atoms with Crippen LogP contribution in [0, 0.1) is 0 Å². The van der Waals surface area contributed by atoms with E-state index in [2.05, 4.69) is 193 Å². The van der Waals surface area contributed by atoms with E-state index in [0.29, 0.717) is 12.1 Å². The molecule has 0 spiro atoms. The van der Waals surface area contributed by atoms with Crippen molar-refractivity contribution in [1.82, 2.24) is 5.32 Å². The van der Waals surface area contributed by atoms with E-state index < -0.39 is 15.8 Å². The number of hydrogen-bond donors (Lipinski definition) is 1. The lowest BCUT2D eigenvalue weighted by molar-refractivity contribution is 0.0951. The molecule has 1 amide bonds. The zero-order chi connectivity index (χ0) is 37.7. The molecule has 9 aromatic carbocycles. The van der Waals surface area contributed by atoms with Crippen LogP contribution in [0.3, 0.4) is 0 Å². The van der Waals surface area contributed by atoms with Gasteiger partial charge in [0.1, 0.15) is 0 Å². The minimum absolute atomic E-state index is 0.0753. The highest BCUT2D eigenvalue weighted by molar-refractivity contribution is 7.80. The Bertz CT molecular complexity index is 2680. The number of nitrogens with one attached hydrogen (secondary N) is 1. The second-order valence-corrected chi connectivity index (χ2v) is 18.1. The maximum Gasteiger partial charge on any atom is 0.251 e. The van der Waals surface area contributed by atoms with Gasteiger partial charge in [-0.25, -0.2) is 0 Å². The van der Waals surface area contributed by atoms with Gasteiger partial charge in [-0.15, -0.1) is 0 Å². The first kappa shape index (κ1) is 35.5. The molecule has 0 fully saturated rings. The number of carbonyl (C=O) groups excluding carboxylic acids is 1. The number of carbonyl (C=O) groups is 1. The highest BCUT2D eigenvalue weighted by Gasteiger charge is 2.28. The zero-order valence-corrected chi connectivity index (χ0v) is 32.6. The molecular formula is C52H39NOP2. The molecule has 9 aromatic rings. The van der Waals surface area contributed by atoms with E-state index in [1.807, 2.05) is 30.3 Å². The predicted molar refractivity (Wildman–Crippen MR) is 242 cm³/mol. The smallest absolute Gasteiger partial charge is 0.251 e. The van der Waals surface area contributed by atoms with E-state index in [1.165, 1.54) is 59.1 Å². The summed E-state index contributed by atoms with van der Waals surface area (Å²) < 4.78 is 0. The summed E-state index contributed by atoms with van der Waals surface area (Å²) in [5.74, 6) is -0.0753. The number of amides is 1. The highest BCUT2D eigenvalue weighted by atomic mass is 31.1. The third kappa shape index (κ3) is 7.18. The van der Waals surface area contributed by atoms with Crippen LogP contribution in [-0.2, 0) is 6.54 Å². The fraction of sp³-hybridized carbons (Fsp3) is 0.0192. The molecule has 1 N–H and O–H groups in total. The molecule has 268 valence electrons. The molecular weight excluding hydrogens is 717 g/mol. The van der Waals surface area contributed by atoms with Crippen LogP contribution in [0.25, 0.3) is 32.7 Å². The fourth-order valence-electron chi connectivity index (χ4n) is 7.67. The molecule has 0 atom stereocenters. The predicted octanol–water partition coefficient (Wildman–Crippen LogP) is 10.1. The average molecular weight is 756 g/mol. The van der Waals surface area contributed by atoms with Gasteiger partial charge in [0, 0.05) is 12.1 Å². The monoisotopic (exact) mass is 755 g/mol. The van der Waals surface area contributed by atoms with Crippen LogP contribution in [0.2, 0.25) is 0 Å². The standard InChI is InChI=1S/C52H39NOP2/c54-52(40-19-6-1-7-20-40)53-37-38-30-33-47-41(36-38)32-35-49(56(44-25-12-4-13-26-44)45-27-14-5-15-28-45)51(47)50-46-29-17-16-18-39(46)31-34-48(50)55(42-21-8-2-9-22-42)43-23-10-3-11-24-43/h1-36H,37H2,(H,53,54). The normalized spacial score (nSPS) is 11.3. The Labute approximate surface area is 331 Å². The lowest BCUT2D eigenvalue weighted by Gasteiger charge is -2.28. The summed E-state index contributed by atoms with van der Waals surface area (Å²) in [6.07, 6.45) is 0. The first-order valence-corrected chi connectivity index (χ1v) is 21.6. The van der Waals surface area contributed by atoms with Gasteiger partial charge in [0.2, 0.25) is 0 Å². The summed E-state index contributed by atoms with van der Waals surface area (Å²) in [4.78, 5) is 13.1. The van der Waals surface area contributed by atoms with Crippen LogP contribution in [0.4, 0.5) is 0 Å². The molecule has 0 aliphatic rings. The van der Waals surface area contributed by atoms with Gasteiger partial charge in [-0.3, -0.25) is 4.79 Å². The number of benzene rings is 9. The second-order valence-electron chi connectivity index (χ2n) is 13.8. The van der Waals surface area contributed by atoms with Crippen molar-refractivity contribution in [3.05, 3.63) is 230 Å². The van der Waals surface area contributed by atoms with Gasteiger partial charge in [0.05, 0.1) is 0 Å². The summed E-state index contributed by atoms with van der Waals surface area (Å²) in [5.41, 5.74) is 4.27. The Balaban J connectivity index is 1.33. The first-order chi connectivity index (χ1) is 27.7. The maximum atomic E-state index is 13.1. The van der Waals surface area contributed by atoms with Gasteiger partial charge >= 0.3 is 0 Å². The van der Waals surface area contributed by atoms with Crippen molar-refractivity contribution in [2.24, 2.45) is 0 Å². The third-order valence-corrected chi connectivity index (χ3v) is 15.2. The van der Waals surface area contributed by atoms with Crippen LogP contribution >= 0.6 is 15.8 Å². The Morgan fingerprint density at radius 2 is 0.804 bits per heavy atom. The molecule has 0 unspecified atom stereocenters. The van der Waals surface area contributed by atoms with E-state index in [4.69, 9.17) is 0 Å². The van der Waals surface area contributed by atoms with Crippen molar-refractivity contribution >= 4 is 75.1 Å². The summed E-state index contributed by atoms with van der Waals surface area (Å²) >= 11 is 0. The van der Waals surface area contributed by atoms with Crippen molar-refractivity contribution in [3.8, 4) is 11.1 Å². The SMILES string of the molecule is O=C(NCc1ccc2c(-c3c(P(c4ccccc4)c4ccccc4)ccc4ccccc34)c(P(c3ccccc3)c3ccccc3)ccc2c1)c1ccccc1. The largest absolute Gasteiger partial charge is 0.348 e. The van der Waals surface area contributed by atoms with Gasteiger partial charge in [-0.2, -0.15) is 0 Å². The molecule has 0 saturated heterocycles. The van der Waals surface area contributed by atoms with Crippen LogP contribution < -0.4 is 37.1 Å². The quantitative estimate of drug-likeness (QED) is 0.138. The van der Waals surface area contributed by atoms with Crippen molar-refractivity contribution < 1.29 is 4.79 Å². The average Bonchev–Trinajstić information content (AvgIpc) is 3.27. The molecule has 0 radical (unpaired) electrons. The summed E-state index contributed by atoms with van der Waals surface area (Å²) in [6, 6.07) is 78.5. The van der Waals surface area contributed by atoms with Crippen LogP contribution in [-0.4, -0.2) is 5.91 Å². The van der Waals surface area contributed by atoms with E-state index >= 15 is 0 Å². The van der Waals surface area contributed by atoms with Crippen LogP contribution in [0.15, 0.2) is 218 Å². The second kappa shape index (κ2) is 16.3. The Hall–Kier alpha value is -6.17. The Morgan fingerprint density at radius 3 is 1.30 bits per heavy atom. The van der Waals surface area contributed by atoms with Gasteiger partial charge in [0.15, 0.2) is 0 Å². The van der Waals surface area contributed by atoms with Gasteiger partial charge in [-0.05, 0) is 104 Å². The van der Waals surface area contributed by atoms with E-state index in [1.54, 1.807) is 0 Å². The molecule has 0 aromatic heterocycles. The highest BCUT2D eigenvalue weighted by Crippen LogP contribution is 2.45. The molecule has 0 saturated carbocycles. The van der Waals surface area contributed by atoms with Crippen molar-refractivity contribution in [2.75, 3.05) is 0 Å². The summed E-state index contributed by atoms with van der Waals surface area (Å²) in [6.45, 7) is 0.439. The first-order valence-electron chi connectivity index (χ1n) is 18.9. The molecule has 56 heavy (non-hydrogen) atoms. The van der Waals surface area contributed by atoms with E-state index in [-0.39, 0.29) is 5.91 Å².